The highest BCUT2D eigenvalue weighted by Crippen LogP contribution is 2.34. The quantitative estimate of drug-likeness (QED) is 0.571. The molecule has 0 aliphatic rings. The van der Waals surface area contributed by atoms with Crippen molar-refractivity contribution >= 4 is 58.0 Å². The van der Waals surface area contributed by atoms with E-state index in [-0.39, 0.29) is 0 Å². The number of Topliss-reactive ketones (excluding diaryl/α,β-unsaturated/α-hetero) is 2. The molecule has 6 heteroatoms. The van der Waals surface area contributed by atoms with Gasteiger partial charge in [0.2, 0.25) is 10.1 Å². The van der Waals surface area contributed by atoms with Crippen LogP contribution in [-0.2, 0) is 9.59 Å². The fourth-order valence-electron chi connectivity index (χ4n) is 0.436. The maximum atomic E-state index is 11.2. The van der Waals surface area contributed by atoms with Crippen LogP contribution in [0.3, 0.4) is 0 Å². The van der Waals surface area contributed by atoms with E-state index in [4.69, 9.17) is 46.4 Å². The number of hydrogen-bond donors (Lipinski definition) is 0. The van der Waals surface area contributed by atoms with Crippen LogP contribution < -0.4 is 0 Å². The van der Waals surface area contributed by atoms with E-state index >= 15 is 0 Å². The van der Waals surface area contributed by atoms with E-state index in [1.165, 1.54) is 6.92 Å². The van der Waals surface area contributed by atoms with Crippen LogP contribution in [0.25, 0.3) is 0 Å². The first-order chi connectivity index (χ1) is 5.10. The zero-order chi connectivity index (χ0) is 10.2. The summed E-state index contributed by atoms with van der Waals surface area (Å²) in [4.78, 5) is 21.9. The molecule has 0 aromatic rings. The molecule has 0 aliphatic carbocycles. The lowest BCUT2D eigenvalue weighted by Gasteiger charge is -2.20. The molecule has 2 nitrogen and oxygen atoms in total. The molecule has 0 spiro atoms. The molecule has 0 amide bonds. The first-order valence-corrected chi connectivity index (χ1v) is 4.43. The molecule has 0 aliphatic heterocycles. The summed E-state index contributed by atoms with van der Waals surface area (Å²) in [5.74, 6) is -1.64. The molecule has 0 aromatic heterocycles. The van der Waals surface area contributed by atoms with Crippen molar-refractivity contribution in [3.63, 3.8) is 0 Å². The number of ketones is 2. The largest absolute Gasteiger partial charge is 0.296 e. The summed E-state index contributed by atoms with van der Waals surface area (Å²) in [6.45, 7) is 2.28. The molecule has 0 atom stereocenters. The number of rotatable bonds is 3. The van der Waals surface area contributed by atoms with Crippen LogP contribution >= 0.6 is 46.4 Å². The molecule has 0 heterocycles. The van der Waals surface area contributed by atoms with Crippen molar-refractivity contribution in [2.75, 3.05) is 0 Å². The molecular formula is C6H6Cl4O2. The second-order valence-corrected chi connectivity index (χ2v) is 5.38. The molecule has 0 rings (SSSR count). The fourth-order valence-corrected chi connectivity index (χ4v) is 1.29. The zero-order valence-corrected chi connectivity index (χ0v) is 9.35. The summed E-state index contributed by atoms with van der Waals surface area (Å²) < 4.78 is -3.91. The lowest BCUT2D eigenvalue weighted by atomic mass is 10.1. The van der Waals surface area contributed by atoms with Gasteiger partial charge in [-0.3, -0.25) is 9.59 Å². The van der Waals surface area contributed by atoms with Crippen molar-refractivity contribution in [3.8, 4) is 0 Å². The van der Waals surface area contributed by atoms with Gasteiger partial charge in [-0.1, -0.05) is 46.4 Å². The summed E-state index contributed by atoms with van der Waals surface area (Å²) >= 11 is 21.6. The normalized spacial score (nSPS) is 12.8. The van der Waals surface area contributed by atoms with Crippen molar-refractivity contribution in [2.45, 2.75) is 22.5 Å². The zero-order valence-electron chi connectivity index (χ0n) is 6.33. The Kier molecular flexibility index (Phi) is 3.86. The summed E-state index contributed by atoms with van der Waals surface area (Å²) in [6.07, 6.45) is 0. The third-order valence-corrected chi connectivity index (χ3v) is 2.34. The molecule has 0 fully saturated rings. The predicted octanol–water partition coefficient (Wildman–Crippen LogP) is 2.51. The Morgan fingerprint density at radius 3 is 1.50 bits per heavy atom. The molecule has 0 unspecified atom stereocenters. The molecule has 12 heavy (non-hydrogen) atoms. The van der Waals surface area contributed by atoms with Gasteiger partial charge in [0.25, 0.3) is 0 Å². The van der Waals surface area contributed by atoms with Crippen LogP contribution in [0, 0.1) is 0 Å². The van der Waals surface area contributed by atoms with Gasteiger partial charge in [0.1, 0.15) is 0 Å². The lowest BCUT2D eigenvalue weighted by Crippen LogP contribution is -2.42. The van der Waals surface area contributed by atoms with E-state index in [9.17, 15) is 9.59 Å². The number of carbonyl (C=O) groups excluding carboxylic acids is 2. The highest BCUT2D eigenvalue weighted by molar-refractivity contribution is 6.74. The van der Waals surface area contributed by atoms with Crippen LogP contribution in [0.1, 0.15) is 13.8 Å². The van der Waals surface area contributed by atoms with Crippen molar-refractivity contribution in [2.24, 2.45) is 0 Å². The van der Waals surface area contributed by atoms with Crippen molar-refractivity contribution in [1.82, 2.24) is 0 Å². The minimum absolute atomic E-state index is 0.705. The number of carbonyl (C=O) groups is 2. The molecular weight excluding hydrogens is 246 g/mol. The van der Waals surface area contributed by atoms with Gasteiger partial charge in [-0.15, -0.1) is 0 Å². The Labute approximate surface area is 90.1 Å². The summed E-state index contributed by atoms with van der Waals surface area (Å²) in [6, 6.07) is 0. The second kappa shape index (κ2) is 3.70. The SMILES string of the molecule is CC(=O)C(Cl)(Cl)C(=O)C(C)(Cl)Cl. The van der Waals surface area contributed by atoms with Gasteiger partial charge >= 0.3 is 0 Å². The smallest absolute Gasteiger partial charge is 0.236 e. The Morgan fingerprint density at radius 1 is 1.08 bits per heavy atom. The van der Waals surface area contributed by atoms with E-state index in [0.717, 1.165) is 6.92 Å². The summed E-state index contributed by atoms with van der Waals surface area (Å²) in [5.41, 5.74) is 0. The molecule has 0 aromatic carbocycles. The average molecular weight is 252 g/mol. The Bertz CT molecular complexity index is 216. The van der Waals surface area contributed by atoms with Gasteiger partial charge in [0.05, 0.1) is 0 Å². The highest BCUT2D eigenvalue weighted by atomic mass is 35.5. The number of alkyl halides is 4. The third kappa shape index (κ3) is 2.77. The van der Waals surface area contributed by atoms with E-state index in [0.29, 0.717) is 0 Å². The van der Waals surface area contributed by atoms with Gasteiger partial charge in [-0.2, -0.15) is 0 Å². The van der Waals surface area contributed by atoms with Crippen LogP contribution in [0.15, 0.2) is 0 Å². The predicted molar refractivity (Wildman–Crippen MR) is 50.2 cm³/mol. The summed E-state index contributed by atoms with van der Waals surface area (Å²) in [5, 5.41) is 0. The van der Waals surface area contributed by atoms with Gasteiger partial charge in [-0.05, 0) is 13.8 Å². The standard InChI is InChI=1S/C6H6Cl4O2/c1-3(11)6(9,10)4(12)5(2,7)8/h1-2H3. The minimum atomic E-state index is -2.15. The van der Waals surface area contributed by atoms with E-state index in [1.807, 2.05) is 0 Å². The Hall–Kier alpha value is 0.500. The number of halogens is 4. The first-order valence-electron chi connectivity index (χ1n) is 2.91. The molecule has 0 saturated heterocycles. The third-order valence-electron chi connectivity index (χ3n) is 1.13. The van der Waals surface area contributed by atoms with Crippen LogP contribution in [0.4, 0.5) is 0 Å². The van der Waals surface area contributed by atoms with Crippen LogP contribution in [-0.4, -0.2) is 20.2 Å². The molecule has 0 saturated carbocycles. The van der Waals surface area contributed by atoms with E-state index in [1.54, 1.807) is 0 Å². The van der Waals surface area contributed by atoms with E-state index in [2.05, 4.69) is 0 Å². The molecule has 0 N–H and O–H groups in total. The van der Waals surface area contributed by atoms with Crippen molar-refractivity contribution in [1.29, 1.82) is 0 Å². The van der Waals surface area contributed by atoms with Gasteiger partial charge < -0.3 is 0 Å². The Morgan fingerprint density at radius 2 is 1.42 bits per heavy atom. The second-order valence-electron chi connectivity index (χ2n) is 2.35. The average Bonchev–Trinajstić information content (AvgIpc) is 1.83. The molecule has 70 valence electrons. The van der Waals surface area contributed by atoms with Gasteiger partial charge in [-0.25, -0.2) is 0 Å². The number of hydrogen-bond acceptors (Lipinski definition) is 2. The van der Waals surface area contributed by atoms with E-state index < -0.39 is 20.2 Å². The van der Waals surface area contributed by atoms with Crippen molar-refractivity contribution < 1.29 is 9.59 Å². The van der Waals surface area contributed by atoms with Crippen LogP contribution in [0.5, 0.6) is 0 Å². The highest BCUT2D eigenvalue weighted by Gasteiger charge is 2.47. The first kappa shape index (κ1) is 12.5. The van der Waals surface area contributed by atoms with Crippen molar-refractivity contribution in [3.05, 3.63) is 0 Å². The fraction of sp³-hybridized carbons (Fsp3) is 0.667. The monoisotopic (exact) mass is 250 g/mol. The van der Waals surface area contributed by atoms with Crippen LogP contribution in [0.2, 0.25) is 0 Å². The molecule has 0 bridgehead atoms. The summed E-state index contributed by atoms with van der Waals surface area (Å²) in [7, 11) is 0. The minimum Gasteiger partial charge on any atom is -0.296 e. The van der Waals surface area contributed by atoms with Gasteiger partial charge in [0.15, 0.2) is 10.1 Å². The molecule has 0 radical (unpaired) electrons. The van der Waals surface area contributed by atoms with Gasteiger partial charge in [0, 0.05) is 0 Å². The maximum absolute atomic E-state index is 11.2. The maximum Gasteiger partial charge on any atom is 0.236 e. The Balaban J connectivity index is 4.83. The lowest BCUT2D eigenvalue weighted by molar-refractivity contribution is -0.127. The topological polar surface area (TPSA) is 34.1 Å².